The fourth-order valence-corrected chi connectivity index (χ4v) is 1.49. The molecule has 0 radical (unpaired) electrons. The molecule has 0 aliphatic heterocycles. The Bertz CT molecular complexity index is 589. The summed E-state index contributed by atoms with van der Waals surface area (Å²) in [4.78, 5) is 21.8. The summed E-state index contributed by atoms with van der Waals surface area (Å²) in [7, 11) is 0. The SMILES string of the molecule is CC(=O)c1ccc(-n2nnnc2CC(=O)O)cc1. The number of tetrazole rings is 1. The highest BCUT2D eigenvalue weighted by Crippen LogP contribution is 2.10. The lowest BCUT2D eigenvalue weighted by atomic mass is 10.1. The molecule has 0 aliphatic rings. The molecule has 7 heteroatoms. The van der Waals surface area contributed by atoms with E-state index >= 15 is 0 Å². The second-order valence-electron chi connectivity index (χ2n) is 3.68. The average molecular weight is 246 g/mol. The molecule has 18 heavy (non-hydrogen) atoms. The van der Waals surface area contributed by atoms with Crippen molar-refractivity contribution in [1.82, 2.24) is 20.2 Å². The Morgan fingerprint density at radius 3 is 2.50 bits per heavy atom. The molecule has 0 atom stereocenters. The number of nitrogens with zero attached hydrogens (tertiary/aromatic N) is 4. The third kappa shape index (κ3) is 2.40. The third-order valence-electron chi connectivity index (χ3n) is 2.36. The number of Topliss-reactive ketones (excluding diaryl/α,β-unsaturated/α-hetero) is 1. The molecule has 7 nitrogen and oxygen atoms in total. The number of carbonyl (C=O) groups excluding carboxylic acids is 1. The maximum atomic E-state index is 11.1. The Hall–Kier alpha value is -2.57. The van der Waals surface area contributed by atoms with Crippen LogP contribution in [-0.2, 0) is 11.2 Å². The van der Waals surface area contributed by atoms with Crippen molar-refractivity contribution in [3.63, 3.8) is 0 Å². The van der Waals surface area contributed by atoms with Crippen molar-refractivity contribution in [1.29, 1.82) is 0 Å². The fourth-order valence-electron chi connectivity index (χ4n) is 1.49. The molecule has 2 rings (SSSR count). The number of carboxylic acids is 1. The normalized spacial score (nSPS) is 10.3. The summed E-state index contributed by atoms with van der Waals surface area (Å²) in [5.41, 5.74) is 1.19. The lowest BCUT2D eigenvalue weighted by Crippen LogP contribution is -2.09. The van der Waals surface area contributed by atoms with Gasteiger partial charge in [-0.25, -0.2) is 0 Å². The summed E-state index contributed by atoms with van der Waals surface area (Å²) in [6, 6.07) is 6.62. The summed E-state index contributed by atoms with van der Waals surface area (Å²) in [5.74, 6) is -0.812. The van der Waals surface area contributed by atoms with Crippen molar-refractivity contribution < 1.29 is 14.7 Å². The van der Waals surface area contributed by atoms with Crippen molar-refractivity contribution in [3.8, 4) is 5.69 Å². The molecular formula is C11H10N4O3. The average Bonchev–Trinajstić information content (AvgIpc) is 2.76. The molecule has 1 N–H and O–H groups in total. The Morgan fingerprint density at radius 1 is 1.28 bits per heavy atom. The van der Waals surface area contributed by atoms with E-state index in [2.05, 4.69) is 15.5 Å². The van der Waals surface area contributed by atoms with Gasteiger partial charge in [-0.05, 0) is 41.6 Å². The van der Waals surface area contributed by atoms with Crippen LogP contribution in [0.15, 0.2) is 24.3 Å². The van der Waals surface area contributed by atoms with Crippen LogP contribution in [-0.4, -0.2) is 37.1 Å². The van der Waals surface area contributed by atoms with Crippen LogP contribution in [0.2, 0.25) is 0 Å². The van der Waals surface area contributed by atoms with Gasteiger partial charge in [-0.15, -0.1) is 5.10 Å². The zero-order valence-electron chi connectivity index (χ0n) is 9.57. The number of carboxylic acid groups (broad SMARTS) is 1. The van der Waals surface area contributed by atoms with Crippen LogP contribution in [0, 0.1) is 0 Å². The van der Waals surface area contributed by atoms with Crippen LogP contribution < -0.4 is 0 Å². The van der Waals surface area contributed by atoms with Crippen LogP contribution in [0.25, 0.3) is 5.69 Å². The number of ketones is 1. The van der Waals surface area contributed by atoms with Crippen molar-refractivity contribution in [2.45, 2.75) is 13.3 Å². The van der Waals surface area contributed by atoms with E-state index in [-0.39, 0.29) is 18.0 Å². The Labute approximate surface area is 102 Å². The van der Waals surface area contributed by atoms with E-state index in [0.717, 1.165) is 0 Å². The molecule has 0 unspecified atom stereocenters. The molecule has 0 fully saturated rings. The number of carbonyl (C=O) groups is 2. The van der Waals surface area contributed by atoms with E-state index in [1.165, 1.54) is 11.6 Å². The molecule has 0 saturated carbocycles. The summed E-state index contributed by atoms with van der Waals surface area (Å²) < 4.78 is 1.33. The number of aromatic nitrogens is 4. The topological polar surface area (TPSA) is 98.0 Å². The first-order chi connectivity index (χ1) is 8.58. The summed E-state index contributed by atoms with van der Waals surface area (Å²) in [5, 5.41) is 19.5. The van der Waals surface area contributed by atoms with E-state index in [1.54, 1.807) is 24.3 Å². The summed E-state index contributed by atoms with van der Waals surface area (Å²) in [6.45, 7) is 1.47. The first kappa shape index (κ1) is 11.9. The number of rotatable bonds is 4. The standard InChI is InChI=1S/C11H10N4O3/c1-7(16)8-2-4-9(5-3-8)15-10(6-11(17)18)12-13-14-15/h2-5H,6H2,1H3,(H,17,18). The molecule has 2 aromatic rings. The maximum absolute atomic E-state index is 11.1. The fraction of sp³-hybridized carbons (Fsp3) is 0.182. The van der Waals surface area contributed by atoms with Gasteiger partial charge in [0.15, 0.2) is 11.6 Å². The quantitative estimate of drug-likeness (QED) is 0.788. The van der Waals surface area contributed by atoms with E-state index in [1.807, 2.05) is 0 Å². The molecule has 0 bridgehead atoms. The molecule has 1 heterocycles. The minimum Gasteiger partial charge on any atom is -0.481 e. The number of hydrogen-bond donors (Lipinski definition) is 1. The van der Waals surface area contributed by atoms with Crippen LogP contribution in [0.3, 0.4) is 0 Å². The van der Waals surface area contributed by atoms with Crippen LogP contribution in [0.1, 0.15) is 23.1 Å². The lowest BCUT2D eigenvalue weighted by Gasteiger charge is -2.03. The molecule has 1 aromatic carbocycles. The van der Waals surface area contributed by atoms with Gasteiger partial charge in [-0.3, -0.25) is 9.59 Å². The smallest absolute Gasteiger partial charge is 0.311 e. The van der Waals surface area contributed by atoms with Crippen molar-refractivity contribution >= 4 is 11.8 Å². The minimum atomic E-state index is -1.01. The first-order valence-electron chi connectivity index (χ1n) is 5.18. The first-order valence-corrected chi connectivity index (χ1v) is 5.18. The van der Waals surface area contributed by atoms with Gasteiger partial charge in [0.05, 0.1) is 5.69 Å². The number of hydrogen-bond acceptors (Lipinski definition) is 5. The molecule has 92 valence electrons. The van der Waals surface area contributed by atoms with Crippen LogP contribution in [0.4, 0.5) is 0 Å². The van der Waals surface area contributed by atoms with Gasteiger partial charge in [-0.2, -0.15) is 4.68 Å². The molecule has 0 spiro atoms. The summed E-state index contributed by atoms with van der Waals surface area (Å²) in [6.07, 6.45) is -0.262. The zero-order chi connectivity index (χ0) is 13.1. The number of benzene rings is 1. The summed E-state index contributed by atoms with van der Waals surface area (Å²) >= 11 is 0. The molecular weight excluding hydrogens is 236 g/mol. The molecule has 0 amide bonds. The van der Waals surface area contributed by atoms with Crippen molar-refractivity contribution in [3.05, 3.63) is 35.7 Å². The largest absolute Gasteiger partial charge is 0.481 e. The lowest BCUT2D eigenvalue weighted by molar-refractivity contribution is -0.136. The highest BCUT2D eigenvalue weighted by Gasteiger charge is 2.12. The third-order valence-corrected chi connectivity index (χ3v) is 2.36. The van der Waals surface area contributed by atoms with Gasteiger partial charge in [0, 0.05) is 5.56 Å². The van der Waals surface area contributed by atoms with Gasteiger partial charge < -0.3 is 5.11 Å². The second kappa shape index (κ2) is 4.74. The maximum Gasteiger partial charge on any atom is 0.311 e. The minimum absolute atomic E-state index is 0.0379. The van der Waals surface area contributed by atoms with Crippen LogP contribution >= 0.6 is 0 Å². The van der Waals surface area contributed by atoms with E-state index < -0.39 is 5.97 Å². The highest BCUT2D eigenvalue weighted by atomic mass is 16.4. The zero-order valence-corrected chi connectivity index (χ0v) is 9.57. The van der Waals surface area contributed by atoms with E-state index in [9.17, 15) is 9.59 Å². The predicted molar refractivity (Wildman–Crippen MR) is 60.5 cm³/mol. The van der Waals surface area contributed by atoms with E-state index in [0.29, 0.717) is 11.3 Å². The van der Waals surface area contributed by atoms with Gasteiger partial charge in [0.25, 0.3) is 0 Å². The van der Waals surface area contributed by atoms with Gasteiger partial charge in [0.2, 0.25) is 0 Å². The monoisotopic (exact) mass is 246 g/mol. The second-order valence-corrected chi connectivity index (χ2v) is 3.68. The predicted octanol–water partition coefficient (Wildman–Crippen LogP) is 0.492. The Morgan fingerprint density at radius 2 is 1.94 bits per heavy atom. The Balaban J connectivity index is 2.34. The molecule has 1 aromatic heterocycles. The van der Waals surface area contributed by atoms with E-state index in [4.69, 9.17) is 5.11 Å². The van der Waals surface area contributed by atoms with Gasteiger partial charge in [0.1, 0.15) is 6.42 Å². The van der Waals surface area contributed by atoms with Crippen LogP contribution in [0.5, 0.6) is 0 Å². The Kier molecular flexibility index (Phi) is 3.13. The van der Waals surface area contributed by atoms with Gasteiger partial charge >= 0.3 is 5.97 Å². The molecule has 0 saturated heterocycles. The van der Waals surface area contributed by atoms with Gasteiger partial charge in [-0.1, -0.05) is 0 Å². The van der Waals surface area contributed by atoms with Crippen molar-refractivity contribution in [2.24, 2.45) is 0 Å². The highest BCUT2D eigenvalue weighted by molar-refractivity contribution is 5.94. The molecule has 0 aliphatic carbocycles. The number of aliphatic carboxylic acids is 1. The van der Waals surface area contributed by atoms with Crippen molar-refractivity contribution in [2.75, 3.05) is 0 Å².